The van der Waals surface area contributed by atoms with Crippen LogP contribution in [0.25, 0.3) is 5.69 Å². The fraction of sp³-hybridized carbons (Fsp3) is 0.333. The Kier molecular flexibility index (Phi) is 4.69. The number of halogens is 1. The van der Waals surface area contributed by atoms with Crippen molar-refractivity contribution in [2.24, 2.45) is 0 Å². The molecule has 1 N–H and O–H groups in total. The molecule has 0 aliphatic rings. The molecule has 2 rings (SSSR count). The highest BCUT2D eigenvalue weighted by molar-refractivity contribution is 6.30. The maximum Gasteiger partial charge on any atom is 0.109 e. The van der Waals surface area contributed by atoms with E-state index in [1.807, 2.05) is 18.2 Å². The van der Waals surface area contributed by atoms with Crippen molar-refractivity contribution in [3.63, 3.8) is 0 Å². The molecular formula is C12H14ClN3O2. The monoisotopic (exact) mass is 267 g/mol. The molecule has 0 unspecified atom stereocenters. The molecule has 0 aliphatic heterocycles. The quantitative estimate of drug-likeness (QED) is 0.811. The molecule has 96 valence electrons. The van der Waals surface area contributed by atoms with Crippen molar-refractivity contribution in [3.8, 4) is 5.69 Å². The predicted octanol–water partition coefficient (Wildman–Crippen LogP) is 1.82. The van der Waals surface area contributed by atoms with Crippen molar-refractivity contribution in [2.45, 2.75) is 13.0 Å². The molecule has 0 spiro atoms. The number of rotatable bonds is 6. The fourth-order valence-electron chi connectivity index (χ4n) is 1.45. The normalized spacial score (nSPS) is 10.8. The first-order chi connectivity index (χ1) is 8.79. The minimum absolute atomic E-state index is 0.134. The van der Waals surface area contributed by atoms with Crippen LogP contribution in [0.1, 0.15) is 12.1 Å². The summed E-state index contributed by atoms with van der Waals surface area (Å²) in [6, 6.07) is 7.38. The number of aromatic nitrogens is 3. The van der Waals surface area contributed by atoms with E-state index in [1.165, 1.54) is 0 Å². The van der Waals surface area contributed by atoms with E-state index in [9.17, 15) is 0 Å². The first-order valence-electron chi connectivity index (χ1n) is 5.65. The molecule has 1 aromatic heterocycles. The molecule has 0 saturated carbocycles. The molecular weight excluding hydrogens is 254 g/mol. The summed E-state index contributed by atoms with van der Waals surface area (Å²) in [5.41, 5.74) is 1.60. The lowest BCUT2D eigenvalue weighted by Gasteiger charge is -2.00. The van der Waals surface area contributed by atoms with Gasteiger partial charge in [-0.15, -0.1) is 5.10 Å². The van der Waals surface area contributed by atoms with Crippen molar-refractivity contribution in [2.75, 3.05) is 13.2 Å². The zero-order chi connectivity index (χ0) is 12.8. The highest BCUT2D eigenvalue weighted by Gasteiger charge is 2.03. The summed E-state index contributed by atoms with van der Waals surface area (Å²) >= 11 is 5.91. The van der Waals surface area contributed by atoms with Crippen LogP contribution < -0.4 is 0 Å². The average molecular weight is 268 g/mol. The van der Waals surface area contributed by atoms with E-state index < -0.39 is 0 Å². The Hall–Kier alpha value is -1.43. The third-order valence-electron chi connectivity index (χ3n) is 2.31. The topological polar surface area (TPSA) is 60.2 Å². The Morgan fingerprint density at radius 3 is 3.06 bits per heavy atom. The molecule has 5 nitrogen and oxygen atoms in total. The van der Waals surface area contributed by atoms with Crippen molar-refractivity contribution >= 4 is 11.6 Å². The first kappa shape index (κ1) is 13.0. The second-order valence-corrected chi connectivity index (χ2v) is 4.20. The van der Waals surface area contributed by atoms with Gasteiger partial charge in [0.2, 0.25) is 0 Å². The minimum atomic E-state index is 0.134. The van der Waals surface area contributed by atoms with Crippen LogP contribution >= 0.6 is 11.6 Å². The summed E-state index contributed by atoms with van der Waals surface area (Å²) in [7, 11) is 0. The second kappa shape index (κ2) is 6.49. The van der Waals surface area contributed by atoms with E-state index in [-0.39, 0.29) is 6.61 Å². The molecule has 0 atom stereocenters. The van der Waals surface area contributed by atoms with Crippen LogP contribution in [0.3, 0.4) is 0 Å². The Balaban J connectivity index is 1.97. The third kappa shape index (κ3) is 3.53. The van der Waals surface area contributed by atoms with Gasteiger partial charge in [0.05, 0.1) is 18.5 Å². The first-order valence-corrected chi connectivity index (χ1v) is 6.03. The van der Waals surface area contributed by atoms with E-state index in [2.05, 4.69) is 10.3 Å². The summed E-state index contributed by atoms with van der Waals surface area (Å²) in [5.74, 6) is 0. The van der Waals surface area contributed by atoms with Gasteiger partial charge in [-0.05, 0) is 24.6 Å². The summed E-state index contributed by atoms with van der Waals surface area (Å²) in [6.45, 7) is 1.04. The lowest BCUT2D eigenvalue weighted by Crippen LogP contribution is -1.97. The molecule has 0 bridgehead atoms. The van der Waals surface area contributed by atoms with Crippen molar-refractivity contribution in [3.05, 3.63) is 41.2 Å². The fourth-order valence-corrected chi connectivity index (χ4v) is 1.64. The van der Waals surface area contributed by atoms with E-state index in [0.29, 0.717) is 24.7 Å². The molecule has 0 amide bonds. The zero-order valence-electron chi connectivity index (χ0n) is 9.79. The van der Waals surface area contributed by atoms with Crippen LogP contribution in [-0.4, -0.2) is 33.3 Å². The van der Waals surface area contributed by atoms with Gasteiger partial charge in [-0.3, -0.25) is 0 Å². The van der Waals surface area contributed by atoms with Crippen LogP contribution in [0.2, 0.25) is 5.02 Å². The summed E-state index contributed by atoms with van der Waals surface area (Å²) in [4.78, 5) is 0. The molecule has 0 fully saturated rings. The standard InChI is InChI=1S/C12H14ClN3O2/c13-10-3-1-4-12(7-10)16-8-11(14-15-16)9-18-6-2-5-17/h1,3-4,7-8,17H,2,5-6,9H2. The number of aliphatic hydroxyl groups excluding tert-OH is 1. The summed E-state index contributed by atoms with van der Waals surface area (Å²) in [5, 5.41) is 17.3. The Morgan fingerprint density at radius 2 is 2.28 bits per heavy atom. The molecule has 2 aromatic rings. The largest absolute Gasteiger partial charge is 0.396 e. The number of benzene rings is 1. The van der Waals surface area contributed by atoms with Gasteiger partial charge in [-0.2, -0.15) is 0 Å². The maximum atomic E-state index is 8.62. The summed E-state index contributed by atoms with van der Waals surface area (Å²) < 4.78 is 6.98. The molecule has 0 saturated heterocycles. The zero-order valence-corrected chi connectivity index (χ0v) is 10.5. The van der Waals surface area contributed by atoms with Crippen LogP contribution in [0.4, 0.5) is 0 Å². The molecule has 1 heterocycles. The van der Waals surface area contributed by atoms with Gasteiger partial charge in [-0.25, -0.2) is 4.68 Å². The van der Waals surface area contributed by atoms with Gasteiger partial charge in [0.15, 0.2) is 0 Å². The maximum absolute atomic E-state index is 8.62. The Morgan fingerprint density at radius 1 is 1.39 bits per heavy atom. The van der Waals surface area contributed by atoms with Crippen molar-refractivity contribution in [1.29, 1.82) is 0 Å². The van der Waals surface area contributed by atoms with E-state index in [0.717, 1.165) is 11.4 Å². The molecule has 1 aromatic carbocycles. The van der Waals surface area contributed by atoms with Crippen LogP contribution in [0.15, 0.2) is 30.5 Å². The number of aliphatic hydroxyl groups is 1. The average Bonchev–Trinajstić information content (AvgIpc) is 2.83. The van der Waals surface area contributed by atoms with Gasteiger partial charge in [0.25, 0.3) is 0 Å². The number of ether oxygens (including phenoxy) is 1. The van der Waals surface area contributed by atoms with Crippen molar-refractivity contribution in [1.82, 2.24) is 15.0 Å². The SMILES string of the molecule is OCCCOCc1cn(-c2cccc(Cl)c2)nn1. The number of hydrogen-bond donors (Lipinski definition) is 1. The highest BCUT2D eigenvalue weighted by Crippen LogP contribution is 2.14. The van der Waals surface area contributed by atoms with E-state index in [1.54, 1.807) is 16.9 Å². The molecule has 0 radical (unpaired) electrons. The summed E-state index contributed by atoms with van der Waals surface area (Å²) in [6.07, 6.45) is 2.42. The van der Waals surface area contributed by atoms with Gasteiger partial charge < -0.3 is 9.84 Å². The minimum Gasteiger partial charge on any atom is -0.396 e. The van der Waals surface area contributed by atoms with E-state index >= 15 is 0 Å². The smallest absolute Gasteiger partial charge is 0.109 e. The van der Waals surface area contributed by atoms with Gasteiger partial charge >= 0.3 is 0 Å². The number of hydrogen-bond acceptors (Lipinski definition) is 4. The van der Waals surface area contributed by atoms with Gasteiger partial charge in [-0.1, -0.05) is 22.9 Å². The second-order valence-electron chi connectivity index (χ2n) is 3.76. The highest BCUT2D eigenvalue weighted by atomic mass is 35.5. The Labute approximate surface area is 110 Å². The predicted molar refractivity (Wildman–Crippen MR) is 67.7 cm³/mol. The molecule has 6 heteroatoms. The lowest BCUT2D eigenvalue weighted by atomic mass is 10.3. The molecule has 18 heavy (non-hydrogen) atoms. The van der Waals surface area contributed by atoms with Crippen LogP contribution in [-0.2, 0) is 11.3 Å². The molecule has 0 aliphatic carbocycles. The van der Waals surface area contributed by atoms with Crippen LogP contribution in [0.5, 0.6) is 0 Å². The Bertz CT molecular complexity index is 502. The lowest BCUT2D eigenvalue weighted by molar-refractivity contribution is 0.102. The third-order valence-corrected chi connectivity index (χ3v) is 2.55. The number of nitrogens with zero attached hydrogens (tertiary/aromatic N) is 3. The van der Waals surface area contributed by atoms with E-state index in [4.69, 9.17) is 21.4 Å². The van der Waals surface area contributed by atoms with Gasteiger partial charge in [0.1, 0.15) is 5.69 Å². The van der Waals surface area contributed by atoms with Gasteiger partial charge in [0, 0.05) is 18.2 Å². The van der Waals surface area contributed by atoms with Crippen molar-refractivity contribution < 1.29 is 9.84 Å². The van der Waals surface area contributed by atoms with Crippen LogP contribution in [0, 0.1) is 0 Å².